The highest BCUT2D eigenvalue weighted by molar-refractivity contribution is 5.01. The highest BCUT2D eigenvalue weighted by atomic mass is 16.5. The number of ether oxygens (including phenoxy) is 1. The van der Waals surface area contributed by atoms with Crippen molar-refractivity contribution < 1.29 is 9.84 Å². The van der Waals surface area contributed by atoms with Crippen LogP contribution in [0.1, 0.15) is 53.4 Å². The van der Waals surface area contributed by atoms with Crippen LogP contribution in [0.4, 0.5) is 0 Å². The number of unbranched alkanes of at least 4 members (excludes halogenated alkanes) is 1. The van der Waals surface area contributed by atoms with Gasteiger partial charge in [0.15, 0.2) is 5.60 Å². The van der Waals surface area contributed by atoms with Gasteiger partial charge in [0.25, 0.3) is 0 Å². The number of rotatable bonds is 7. The van der Waals surface area contributed by atoms with E-state index in [9.17, 15) is 10.4 Å². The van der Waals surface area contributed by atoms with Gasteiger partial charge in [0.1, 0.15) is 0 Å². The Kier molecular flexibility index (Phi) is 6.55. The molecule has 0 amide bonds. The zero-order valence-corrected chi connectivity index (χ0v) is 10.3. The Morgan fingerprint density at radius 1 is 1.40 bits per heavy atom. The van der Waals surface area contributed by atoms with E-state index in [0.717, 1.165) is 19.3 Å². The molecule has 1 N–H and O–H groups in total. The maximum atomic E-state index is 9.37. The number of aliphatic hydroxyl groups excluding tert-OH is 1. The minimum atomic E-state index is -0.716. The van der Waals surface area contributed by atoms with Gasteiger partial charge in [0, 0.05) is 0 Å². The molecule has 15 heavy (non-hydrogen) atoms. The normalized spacial score (nSPS) is 18.9. The number of hydrogen-bond acceptors (Lipinski definition) is 3. The lowest BCUT2D eigenvalue weighted by Crippen LogP contribution is -2.38. The molecule has 88 valence electrons. The van der Waals surface area contributed by atoms with Crippen LogP contribution in [0.5, 0.6) is 0 Å². The van der Waals surface area contributed by atoms with E-state index in [0.29, 0.717) is 6.42 Å². The molecule has 0 radical (unpaired) electrons. The maximum absolute atomic E-state index is 9.37. The van der Waals surface area contributed by atoms with Crippen LogP contribution >= 0.6 is 0 Å². The molecular formula is C12H23NO2. The number of aliphatic hydroxyl groups is 1. The van der Waals surface area contributed by atoms with Gasteiger partial charge in [-0.2, -0.15) is 5.26 Å². The predicted molar refractivity (Wildman–Crippen MR) is 60.4 cm³/mol. The second-order valence-corrected chi connectivity index (χ2v) is 4.13. The van der Waals surface area contributed by atoms with E-state index in [4.69, 9.17) is 4.74 Å². The molecule has 0 aliphatic carbocycles. The molecule has 0 rings (SSSR count). The lowest BCUT2D eigenvalue weighted by atomic mass is 9.94. The van der Waals surface area contributed by atoms with Crippen molar-refractivity contribution in [2.24, 2.45) is 0 Å². The van der Waals surface area contributed by atoms with Crippen molar-refractivity contribution in [3.05, 3.63) is 0 Å². The molecule has 0 aliphatic rings. The molecule has 0 aromatic carbocycles. The van der Waals surface area contributed by atoms with Crippen LogP contribution in [0.15, 0.2) is 0 Å². The first-order chi connectivity index (χ1) is 7.01. The Bertz CT molecular complexity index is 210. The van der Waals surface area contributed by atoms with Crippen molar-refractivity contribution in [3.63, 3.8) is 0 Å². The van der Waals surface area contributed by atoms with Crippen molar-refractivity contribution in [1.82, 2.24) is 0 Å². The van der Waals surface area contributed by atoms with Crippen LogP contribution in [0.2, 0.25) is 0 Å². The Hall–Kier alpha value is -0.590. The van der Waals surface area contributed by atoms with Gasteiger partial charge in [0.05, 0.1) is 18.3 Å². The smallest absolute Gasteiger partial charge is 0.154 e. The summed E-state index contributed by atoms with van der Waals surface area (Å²) in [5.41, 5.74) is -0.716. The van der Waals surface area contributed by atoms with Gasteiger partial charge in [-0.3, -0.25) is 0 Å². The predicted octanol–water partition coefficient (Wildman–Crippen LogP) is 2.63. The van der Waals surface area contributed by atoms with E-state index in [1.165, 1.54) is 0 Å². The first-order valence-corrected chi connectivity index (χ1v) is 5.78. The van der Waals surface area contributed by atoms with E-state index in [-0.39, 0.29) is 6.10 Å². The lowest BCUT2D eigenvalue weighted by Gasteiger charge is -2.30. The molecule has 0 aliphatic heterocycles. The molecule has 0 aromatic heterocycles. The SMILES string of the molecule is CCCCC(C#N)(CC)OC(C)C(C)O. The molecule has 0 fully saturated rings. The zero-order valence-electron chi connectivity index (χ0n) is 10.3. The first-order valence-electron chi connectivity index (χ1n) is 5.78. The van der Waals surface area contributed by atoms with Gasteiger partial charge in [-0.1, -0.05) is 20.3 Å². The van der Waals surface area contributed by atoms with Crippen LogP contribution < -0.4 is 0 Å². The van der Waals surface area contributed by atoms with Gasteiger partial charge >= 0.3 is 0 Å². The van der Waals surface area contributed by atoms with Gasteiger partial charge in [-0.25, -0.2) is 0 Å². The van der Waals surface area contributed by atoms with Gasteiger partial charge in [-0.05, 0) is 33.1 Å². The van der Waals surface area contributed by atoms with Crippen molar-refractivity contribution in [2.45, 2.75) is 71.2 Å². The van der Waals surface area contributed by atoms with E-state index in [2.05, 4.69) is 13.0 Å². The second kappa shape index (κ2) is 6.81. The van der Waals surface area contributed by atoms with Crippen LogP contribution in [0.25, 0.3) is 0 Å². The summed E-state index contributed by atoms with van der Waals surface area (Å²) in [6, 6.07) is 2.25. The topological polar surface area (TPSA) is 53.2 Å². The third-order valence-corrected chi connectivity index (χ3v) is 2.80. The monoisotopic (exact) mass is 213 g/mol. The molecule has 0 saturated carbocycles. The summed E-state index contributed by atoms with van der Waals surface area (Å²) in [6.07, 6.45) is 2.62. The number of hydrogen-bond donors (Lipinski definition) is 1. The Morgan fingerprint density at radius 3 is 2.33 bits per heavy atom. The molecule has 0 saturated heterocycles. The van der Waals surface area contributed by atoms with E-state index >= 15 is 0 Å². The van der Waals surface area contributed by atoms with Crippen molar-refractivity contribution >= 4 is 0 Å². The molecule has 0 spiro atoms. The van der Waals surface area contributed by atoms with Crippen molar-refractivity contribution in [2.75, 3.05) is 0 Å². The largest absolute Gasteiger partial charge is 0.391 e. The average molecular weight is 213 g/mol. The summed E-state index contributed by atoms with van der Waals surface area (Å²) in [4.78, 5) is 0. The van der Waals surface area contributed by atoms with Crippen LogP contribution in [0, 0.1) is 11.3 Å². The van der Waals surface area contributed by atoms with E-state index < -0.39 is 11.7 Å². The van der Waals surface area contributed by atoms with Crippen LogP contribution in [0.3, 0.4) is 0 Å². The highest BCUT2D eigenvalue weighted by Crippen LogP contribution is 2.25. The fourth-order valence-corrected chi connectivity index (χ4v) is 1.40. The summed E-state index contributed by atoms with van der Waals surface area (Å²) in [7, 11) is 0. The van der Waals surface area contributed by atoms with Crippen molar-refractivity contribution in [1.29, 1.82) is 5.26 Å². The van der Waals surface area contributed by atoms with E-state index in [1.807, 2.05) is 6.92 Å². The zero-order chi connectivity index (χ0) is 11.9. The third kappa shape index (κ3) is 4.63. The molecule has 3 heteroatoms. The Morgan fingerprint density at radius 2 is 2.00 bits per heavy atom. The van der Waals surface area contributed by atoms with Gasteiger partial charge in [0.2, 0.25) is 0 Å². The third-order valence-electron chi connectivity index (χ3n) is 2.80. The highest BCUT2D eigenvalue weighted by Gasteiger charge is 2.31. The summed E-state index contributed by atoms with van der Waals surface area (Å²) in [5.74, 6) is 0. The minimum Gasteiger partial charge on any atom is -0.391 e. The van der Waals surface area contributed by atoms with Gasteiger partial charge < -0.3 is 9.84 Å². The Labute approximate surface area is 93.1 Å². The van der Waals surface area contributed by atoms with Crippen LogP contribution in [-0.2, 0) is 4.74 Å². The molecule has 3 atom stereocenters. The fraction of sp³-hybridized carbons (Fsp3) is 0.917. The molecule has 3 nitrogen and oxygen atoms in total. The standard InChI is InChI=1S/C12H23NO2/c1-5-7-8-12(6-2,9-13)15-11(4)10(3)14/h10-11,14H,5-8H2,1-4H3. The molecule has 0 aromatic rings. The molecule has 0 heterocycles. The first kappa shape index (κ1) is 14.4. The summed E-state index contributed by atoms with van der Waals surface area (Å²) >= 11 is 0. The molecular weight excluding hydrogens is 190 g/mol. The molecule has 3 unspecified atom stereocenters. The summed E-state index contributed by atoms with van der Waals surface area (Å²) in [6.45, 7) is 7.53. The molecule has 0 bridgehead atoms. The average Bonchev–Trinajstić information content (AvgIpc) is 2.24. The second-order valence-electron chi connectivity index (χ2n) is 4.13. The van der Waals surface area contributed by atoms with E-state index in [1.54, 1.807) is 13.8 Å². The lowest BCUT2D eigenvalue weighted by molar-refractivity contribution is -0.101. The minimum absolute atomic E-state index is 0.290. The maximum Gasteiger partial charge on any atom is 0.154 e. The van der Waals surface area contributed by atoms with Crippen LogP contribution in [-0.4, -0.2) is 22.9 Å². The number of nitrogens with zero attached hydrogens (tertiary/aromatic N) is 1. The van der Waals surface area contributed by atoms with Gasteiger partial charge in [-0.15, -0.1) is 0 Å². The Balaban J connectivity index is 4.43. The fourth-order valence-electron chi connectivity index (χ4n) is 1.40. The number of nitriles is 1. The quantitative estimate of drug-likeness (QED) is 0.707. The summed E-state index contributed by atoms with van der Waals surface area (Å²) < 4.78 is 5.69. The van der Waals surface area contributed by atoms with Crippen molar-refractivity contribution in [3.8, 4) is 6.07 Å². The summed E-state index contributed by atoms with van der Waals surface area (Å²) in [5, 5.41) is 18.5.